The molecule has 26 heavy (non-hydrogen) atoms. The van der Waals surface area contributed by atoms with Gasteiger partial charge >= 0.3 is 0 Å². The highest BCUT2D eigenvalue weighted by molar-refractivity contribution is 8.01. The molecule has 3 aromatic rings. The van der Waals surface area contributed by atoms with E-state index in [1.54, 1.807) is 0 Å². The number of carbonyl (C=O) groups is 1. The fourth-order valence-electron chi connectivity index (χ4n) is 2.02. The van der Waals surface area contributed by atoms with E-state index in [-0.39, 0.29) is 16.7 Å². The van der Waals surface area contributed by atoms with Gasteiger partial charge in [-0.3, -0.25) is 4.79 Å². The molecule has 2 aromatic carbocycles. The summed E-state index contributed by atoms with van der Waals surface area (Å²) in [6, 6.07) is 13.8. The summed E-state index contributed by atoms with van der Waals surface area (Å²) in [5, 5.41) is 14.8. The quantitative estimate of drug-likeness (QED) is 0.556. The van der Waals surface area contributed by atoms with Crippen LogP contribution in [0.1, 0.15) is 5.56 Å². The Morgan fingerprint density at radius 1 is 1.19 bits per heavy atom. The number of rotatable bonds is 7. The van der Waals surface area contributed by atoms with E-state index in [0.29, 0.717) is 21.7 Å². The number of aromatic nitrogens is 2. The van der Waals surface area contributed by atoms with Crippen molar-refractivity contribution in [3.63, 3.8) is 0 Å². The molecule has 5 nitrogen and oxygen atoms in total. The standard InChI is InChI=1S/C17H14ClFN4OS2/c18-13-8-12(19)6-7-14(13)21-15(24)10-25-17-23-22-16(26-17)20-9-11-4-2-1-3-5-11/h1-8H,9-10H2,(H,20,22)(H,21,24). The molecule has 9 heteroatoms. The van der Waals surface area contributed by atoms with Gasteiger partial charge in [-0.15, -0.1) is 10.2 Å². The molecule has 0 aliphatic heterocycles. The van der Waals surface area contributed by atoms with Crippen LogP contribution >= 0.6 is 34.7 Å². The monoisotopic (exact) mass is 408 g/mol. The number of anilines is 2. The van der Waals surface area contributed by atoms with Crippen molar-refractivity contribution in [2.45, 2.75) is 10.9 Å². The van der Waals surface area contributed by atoms with E-state index >= 15 is 0 Å². The van der Waals surface area contributed by atoms with Crippen molar-refractivity contribution >= 4 is 51.4 Å². The lowest BCUT2D eigenvalue weighted by molar-refractivity contribution is -0.113. The van der Waals surface area contributed by atoms with E-state index in [1.807, 2.05) is 30.3 Å². The third-order valence-corrected chi connectivity index (χ3v) is 5.55. The Labute approximate surface area is 163 Å². The van der Waals surface area contributed by atoms with Crippen LogP contribution in [0.3, 0.4) is 0 Å². The van der Waals surface area contributed by atoms with Gasteiger partial charge in [-0.2, -0.15) is 0 Å². The lowest BCUT2D eigenvalue weighted by atomic mass is 10.2. The predicted octanol–water partition coefficient (Wildman–Crippen LogP) is 4.67. The number of nitrogens with zero attached hydrogens (tertiary/aromatic N) is 2. The summed E-state index contributed by atoms with van der Waals surface area (Å²) < 4.78 is 13.7. The van der Waals surface area contributed by atoms with Crippen molar-refractivity contribution in [2.75, 3.05) is 16.4 Å². The minimum Gasteiger partial charge on any atom is -0.356 e. The van der Waals surface area contributed by atoms with Gasteiger partial charge in [0.05, 0.1) is 16.5 Å². The molecule has 0 saturated heterocycles. The highest BCUT2D eigenvalue weighted by atomic mass is 35.5. The molecule has 0 spiro atoms. The molecule has 2 N–H and O–H groups in total. The van der Waals surface area contributed by atoms with Crippen LogP contribution in [0.2, 0.25) is 5.02 Å². The van der Waals surface area contributed by atoms with E-state index in [9.17, 15) is 9.18 Å². The van der Waals surface area contributed by atoms with E-state index in [2.05, 4.69) is 20.8 Å². The lowest BCUT2D eigenvalue weighted by Gasteiger charge is -2.06. The Morgan fingerprint density at radius 3 is 2.77 bits per heavy atom. The van der Waals surface area contributed by atoms with Gasteiger partial charge in [-0.25, -0.2) is 4.39 Å². The summed E-state index contributed by atoms with van der Waals surface area (Å²) in [5.74, 6) is -0.551. The second-order valence-corrected chi connectivity index (χ2v) is 7.78. The molecule has 0 unspecified atom stereocenters. The van der Waals surface area contributed by atoms with Crippen LogP contribution in [-0.4, -0.2) is 21.9 Å². The van der Waals surface area contributed by atoms with Gasteiger partial charge in [0, 0.05) is 6.54 Å². The third-order valence-electron chi connectivity index (χ3n) is 3.22. The lowest BCUT2D eigenvalue weighted by Crippen LogP contribution is -2.14. The fourth-order valence-corrected chi connectivity index (χ4v) is 3.78. The summed E-state index contributed by atoms with van der Waals surface area (Å²) in [5.41, 5.74) is 1.52. The Morgan fingerprint density at radius 2 is 2.00 bits per heavy atom. The van der Waals surface area contributed by atoms with Crippen molar-refractivity contribution in [2.24, 2.45) is 0 Å². The van der Waals surface area contributed by atoms with Crippen LogP contribution in [0.15, 0.2) is 52.9 Å². The number of hydrogen-bond acceptors (Lipinski definition) is 6. The number of benzene rings is 2. The van der Waals surface area contributed by atoms with Gasteiger partial charge in [0.1, 0.15) is 5.82 Å². The Balaban J connectivity index is 1.47. The zero-order chi connectivity index (χ0) is 18.4. The maximum atomic E-state index is 13.0. The molecule has 134 valence electrons. The van der Waals surface area contributed by atoms with E-state index < -0.39 is 5.82 Å². The second kappa shape index (κ2) is 8.98. The molecule has 0 atom stereocenters. The molecular weight excluding hydrogens is 395 g/mol. The third kappa shape index (κ3) is 5.42. The first kappa shape index (κ1) is 18.6. The molecule has 0 radical (unpaired) electrons. The first-order valence-electron chi connectivity index (χ1n) is 7.59. The van der Waals surface area contributed by atoms with Crippen LogP contribution in [0, 0.1) is 5.82 Å². The minimum absolute atomic E-state index is 0.154. The van der Waals surface area contributed by atoms with Crippen molar-refractivity contribution in [1.29, 1.82) is 0 Å². The molecule has 0 saturated carbocycles. The van der Waals surface area contributed by atoms with Crippen LogP contribution in [0.5, 0.6) is 0 Å². The summed E-state index contributed by atoms with van der Waals surface area (Å²) in [6.45, 7) is 0.656. The number of amides is 1. The highest BCUT2D eigenvalue weighted by Gasteiger charge is 2.10. The largest absolute Gasteiger partial charge is 0.356 e. The molecule has 1 amide bonds. The Hall–Kier alpha value is -2.16. The van der Waals surface area contributed by atoms with Crippen molar-refractivity contribution in [3.05, 3.63) is 64.9 Å². The van der Waals surface area contributed by atoms with Crippen LogP contribution < -0.4 is 10.6 Å². The topological polar surface area (TPSA) is 66.9 Å². The van der Waals surface area contributed by atoms with Crippen molar-refractivity contribution in [3.8, 4) is 0 Å². The summed E-state index contributed by atoms with van der Waals surface area (Å²) in [6.07, 6.45) is 0. The molecular formula is C17H14ClFN4OS2. The van der Waals surface area contributed by atoms with Crippen LogP contribution in [-0.2, 0) is 11.3 Å². The van der Waals surface area contributed by atoms with Gasteiger partial charge in [0.25, 0.3) is 0 Å². The number of hydrogen-bond donors (Lipinski definition) is 2. The normalized spacial score (nSPS) is 10.5. The average molecular weight is 409 g/mol. The molecule has 3 rings (SSSR count). The number of nitrogens with one attached hydrogen (secondary N) is 2. The molecule has 0 aliphatic rings. The zero-order valence-corrected chi connectivity index (χ0v) is 15.8. The van der Waals surface area contributed by atoms with Gasteiger partial charge in [0.15, 0.2) is 4.34 Å². The fraction of sp³-hybridized carbons (Fsp3) is 0.118. The summed E-state index contributed by atoms with van der Waals surface area (Å²) >= 11 is 8.54. The molecule has 0 bridgehead atoms. The smallest absolute Gasteiger partial charge is 0.234 e. The van der Waals surface area contributed by atoms with E-state index in [4.69, 9.17) is 11.6 Å². The number of carbonyl (C=O) groups excluding carboxylic acids is 1. The maximum Gasteiger partial charge on any atom is 0.234 e. The second-order valence-electron chi connectivity index (χ2n) is 5.17. The maximum absolute atomic E-state index is 13.0. The number of halogens is 2. The molecule has 0 aliphatic carbocycles. The first-order chi connectivity index (χ1) is 12.6. The zero-order valence-electron chi connectivity index (χ0n) is 13.4. The summed E-state index contributed by atoms with van der Waals surface area (Å²) in [7, 11) is 0. The van der Waals surface area contributed by atoms with Crippen molar-refractivity contribution in [1.82, 2.24) is 10.2 Å². The highest BCUT2D eigenvalue weighted by Crippen LogP contribution is 2.27. The SMILES string of the molecule is O=C(CSc1nnc(NCc2ccccc2)s1)Nc1ccc(F)cc1Cl. The van der Waals surface area contributed by atoms with Gasteiger partial charge in [-0.05, 0) is 23.8 Å². The molecule has 0 fully saturated rings. The predicted molar refractivity (Wildman–Crippen MR) is 104 cm³/mol. The first-order valence-corrected chi connectivity index (χ1v) is 9.77. The van der Waals surface area contributed by atoms with Gasteiger partial charge < -0.3 is 10.6 Å². The molecule has 1 aromatic heterocycles. The van der Waals surface area contributed by atoms with E-state index in [0.717, 1.165) is 11.6 Å². The Kier molecular flexibility index (Phi) is 6.43. The van der Waals surface area contributed by atoms with Crippen LogP contribution in [0.4, 0.5) is 15.2 Å². The minimum atomic E-state index is -0.452. The summed E-state index contributed by atoms with van der Waals surface area (Å²) in [4.78, 5) is 12.0. The average Bonchev–Trinajstić information content (AvgIpc) is 3.09. The Bertz CT molecular complexity index is 891. The van der Waals surface area contributed by atoms with Gasteiger partial charge in [0.2, 0.25) is 11.0 Å². The van der Waals surface area contributed by atoms with Crippen LogP contribution in [0.25, 0.3) is 0 Å². The van der Waals surface area contributed by atoms with Crippen molar-refractivity contribution < 1.29 is 9.18 Å². The van der Waals surface area contributed by atoms with E-state index in [1.165, 1.54) is 35.2 Å². The number of thioether (sulfide) groups is 1. The van der Waals surface area contributed by atoms with Gasteiger partial charge in [-0.1, -0.05) is 65.0 Å². The molecule has 1 heterocycles.